The number of rotatable bonds is 2. The minimum Gasteiger partial charge on any atom is -0.681 e. The van der Waals surface area contributed by atoms with E-state index in [-0.39, 0.29) is 109 Å². The van der Waals surface area contributed by atoms with Gasteiger partial charge in [0.2, 0.25) is 0 Å². The van der Waals surface area contributed by atoms with E-state index in [9.17, 15) is 0 Å². The Bertz CT molecular complexity index is 30.9. The molecule has 0 aliphatic rings. The van der Waals surface area contributed by atoms with E-state index in [2.05, 4.69) is 9.93 Å². The Balaban J connectivity index is -0.0000000800. The van der Waals surface area contributed by atoms with Gasteiger partial charge >= 0.3 is 57.9 Å². The number of carbonyl (C=O) groups excluding carboxylic acids is 1. The van der Waals surface area contributed by atoms with Crippen molar-refractivity contribution < 1.29 is 71.4 Å². The maximum absolute atomic E-state index is 8.86. The molecule has 0 bridgehead atoms. The van der Waals surface area contributed by atoms with Gasteiger partial charge in [-0.25, -0.2) is 5.04 Å². The first-order valence-corrected chi connectivity index (χ1v) is 0.805. The van der Waals surface area contributed by atoms with E-state index >= 15 is 0 Å². The van der Waals surface area contributed by atoms with Crippen molar-refractivity contribution in [3.05, 3.63) is 0 Å². The van der Waals surface area contributed by atoms with E-state index in [1.165, 1.54) is 0 Å². The molecule has 0 N–H and O–H groups in total. The molecule has 0 aromatic carbocycles. The van der Waals surface area contributed by atoms with Gasteiger partial charge in [-0.2, -0.15) is 0 Å². The molecule has 1 radical (unpaired) electrons. The Morgan fingerprint density at radius 1 is 1.57 bits per heavy atom. The maximum Gasteiger partial charge on any atom is 1.00 e. The van der Waals surface area contributed by atoms with Gasteiger partial charge in [0.15, 0.2) is 0 Å². The van der Waals surface area contributed by atoms with Crippen LogP contribution in [-0.4, -0.2) is 57.9 Å². The number of hydrogen-bond acceptors (Lipinski definition) is 4. The van der Waals surface area contributed by atoms with E-state index in [0.717, 1.165) is 0 Å². The topological polar surface area (TPSA) is 58.6 Å². The first-order valence-electron chi connectivity index (χ1n) is 0.805. The number of carbonyl (C=O) groups is 1. The fourth-order valence-electron chi connectivity index (χ4n) is 0.0160. The monoisotopic (exact) mass is 155 g/mol. The summed E-state index contributed by atoms with van der Waals surface area (Å²) in [6.45, 7) is -0.104. The van der Waals surface area contributed by atoms with Crippen molar-refractivity contribution in [2.24, 2.45) is 0 Å². The molecule has 0 amide bonds. The van der Waals surface area contributed by atoms with Gasteiger partial charge in [-0.1, -0.05) is 0 Å². The summed E-state index contributed by atoms with van der Waals surface area (Å²) < 4.78 is 0. The van der Waals surface area contributed by atoms with Gasteiger partial charge in [0.25, 0.3) is 0 Å². The van der Waals surface area contributed by atoms with Crippen LogP contribution < -0.4 is 56.6 Å². The van der Waals surface area contributed by atoms with Gasteiger partial charge in [-0.15, -0.1) is 0 Å². The molecular formula is CHK2O4. The minimum absolute atomic E-state index is 0. The predicted octanol–water partition coefficient (Wildman–Crippen LogP) is -5.01. The predicted molar refractivity (Wildman–Crippen MR) is 14.0 cm³/mol. The Morgan fingerprint density at radius 2 is 2.00 bits per heavy atom. The zero-order valence-electron chi connectivity index (χ0n) is 4.21. The first kappa shape index (κ1) is 16.3. The zero-order valence-corrected chi connectivity index (χ0v) is 10.5. The molecule has 6 heteroatoms. The van der Waals surface area contributed by atoms with Crippen LogP contribution in [0.5, 0.6) is 0 Å². The summed E-state index contributed by atoms with van der Waals surface area (Å²) in [7, 11) is 0. The third kappa shape index (κ3) is 17.7. The molecule has 0 rings (SSSR count). The summed E-state index contributed by atoms with van der Waals surface area (Å²) in [6, 6.07) is 0. The summed E-state index contributed by atoms with van der Waals surface area (Å²) >= 11 is 0. The van der Waals surface area contributed by atoms with Crippen LogP contribution in [0.3, 0.4) is 0 Å². The Labute approximate surface area is 126 Å². The molecule has 7 heavy (non-hydrogen) atoms. The van der Waals surface area contributed by atoms with Crippen molar-refractivity contribution in [3.63, 3.8) is 0 Å². The summed E-state index contributed by atoms with van der Waals surface area (Å²) in [5, 5.41) is 11.1. The van der Waals surface area contributed by atoms with Gasteiger partial charge in [0.05, 0.1) is 0 Å². The van der Waals surface area contributed by atoms with Gasteiger partial charge in [0, 0.05) is 51.4 Å². The smallest absolute Gasteiger partial charge is 0.681 e. The van der Waals surface area contributed by atoms with Crippen molar-refractivity contribution >= 4 is 57.9 Å². The zero-order chi connectivity index (χ0) is 4.12. The second-order valence-corrected chi connectivity index (χ2v) is 0.260. The molecule has 0 unspecified atom stereocenters. The van der Waals surface area contributed by atoms with Crippen LogP contribution in [0.1, 0.15) is 0 Å². The summed E-state index contributed by atoms with van der Waals surface area (Å²) in [4.78, 5) is 12.0. The van der Waals surface area contributed by atoms with Crippen molar-refractivity contribution in [1.29, 1.82) is 0 Å². The van der Waals surface area contributed by atoms with Gasteiger partial charge in [-0.05, 0) is 0 Å². The van der Waals surface area contributed by atoms with E-state index in [1.807, 2.05) is 0 Å². The molecule has 0 spiro atoms. The summed E-state index contributed by atoms with van der Waals surface area (Å²) in [5.41, 5.74) is 0. The second kappa shape index (κ2) is 15.9. The second-order valence-electron chi connectivity index (χ2n) is 0.260. The van der Waals surface area contributed by atoms with Crippen LogP contribution in [0.15, 0.2) is 0 Å². The van der Waals surface area contributed by atoms with Crippen LogP contribution >= 0.6 is 0 Å². The minimum atomic E-state index is -0.104. The third-order valence-electron chi connectivity index (χ3n) is 0.0786. The van der Waals surface area contributed by atoms with E-state index in [0.29, 0.717) is 0 Å². The molecule has 31 valence electrons. The SMILES string of the molecule is O=COO[O-].[K+].[K]. The van der Waals surface area contributed by atoms with Gasteiger partial charge in [-0.3, -0.25) is 4.79 Å². The normalized spacial score (nSPS) is 4.71. The largest absolute Gasteiger partial charge is 1.00 e. The quantitative estimate of drug-likeness (QED) is 0.173. The Morgan fingerprint density at radius 3 is 2.00 bits per heavy atom. The maximum atomic E-state index is 8.86. The molecule has 0 aromatic rings. The molecule has 4 nitrogen and oxygen atoms in total. The molecule has 0 aliphatic carbocycles. The molecule has 0 heterocycles. The fraction of sp³-hybridized carbons (Fsp3) is 0. The van der Waals surface area contributed by atoms with Crippen molar-refractivity contribution in [2.45, 2.75) is 0 Å². The van der Waals surface area contributed by atoms with Crippen LogP contribution in [0.25, 0.3) is 0 Å². The van der Waals surface area contributed by atoms with Crippen LogP contribution in [0.4, 0.5) is 0 Å². The van der Waals surface area contributed by atoms with Crippen LogP contribution in [0, 0.1) is 0 Å². The third-order valence-corrected chi connectivity index (χ3v) is 0.0786. The standard InChI is InChI=1S/CH2O4.2K/c2-1-4-5-3;;/h1,3H;;/q;;+1/p-1. The molecule has 0 saturated heterocycles. The van der Waals surface area contributed by atoms with Crippen molar-refractivity contribution in [1.82, 2.24) is 0 Å². The summed E-state index contributed by atoms with van der Waals surface area (Å²) in [6.07, 6.45) is 0. The Kier molecular flexibility index (Phi) is 37.0. The fourth-order valence-corrected chi connectivity index (χ4v) is 0.0160. The average Bonchev–Trinajstić information content (AvgIpc) is 1.41. The molecule has 0 atom stereocenters. The number of hydrogen-bond donors (Lipinski definition) is 0. The van der Waals surface area contributed by atoms with Gasteiger partial charge in [0.1, 0.15) is 0 Å². The van der Waals surface area contributed by atoms with E-state index in [1.54, 1.807) is 0 Å². The van der Waals surface area contributed by atoms with Crippen molar-refractivity contribution in [3.8, 4) is 0 Å². The molecule has 0 saturated carbocycles. The summed E-state index contributed by atoms with van der Waals surface area (Å²) in [5.74, 6) is 0. The molecule has 0 fully saturated rings. The van der Waals surface area contributed by atoms with Crippen LogP contribution in [0.2, 0.25) is 0 Å². The van der Waals surface area contributed by atoms with Crippen molar-refractivity contribution in [2.75, 3.05) is 0 Å². The average molecular weight is 155 g/mol. The molecule has 0 aromatic heterocycles. The van der Waals surface area contributed by atoms with Gasteiger partial charge < -0.3 is 10.1 Å². The van der Waals surface area contributed by atoms with E-state index < -0.39 is 0 Å². The molecular weight excluding hydrogens is 154 g/mol. The van der Waals surface area contributed by atoms with Crippen LogP contribution in [-0.2, 0) is 14.7 Å². The first-order chi connectivity index (χ1) is 2.41. The van der Waals surface area contributed by atoms with E-state index in [4.69, 9.17) is 10.1 Å². The molecule has 0 aliphatic heterocycles. The Hall–Kier alpha value is 2.66.